The summed E-state index contributed by atoms with van der Waals surface area (Å²) in [7, 11) is 2.71. The monoisotopic (exact) mass is 221 g/mol. The van der Waals surface area contributed by atoms with Gasteiger partial charge in [0.2, 0.25) is 0 Å². The average molecular weight is 221 g/mol. The molecule has 0 amide bonds. The van der Waals surface area contributed by atoms with E-state index in [0.29, 0.717) is 0 Å². The van der Waals surface area contributed by atoms with Crippen molar-refractivity contribution in [3.8, 4) is 0 Å². The third-order valence-corrected chi connectivity index (χ3v) is 2.93. The summed E-state index contributed by atoms with van der Waals surface area (Å²) >= 11 is 0. The molecule has 1 heterocycles. The summed E-state index contributed by atoms with van der Waals surface area (Å²) in [4.78, 5) is 0. The van der Waals surface area contributed by atoms with Gasteiger partial charge in [-0.3, -0.25) is 0 Å². The minimum atomic E-state index is 1.11. The fourth-order valence-electron chi connectivity index (χ4n) is 1.69. The quantitative estimate of drug-likeness (QED) is 0.637. The van der Waals surface area contributed by atoms with Crippen molar-refractivity contribution in [3.05, 3.63) is 35.5 Å². The maximum Gasteiger partial charge on any atom is 0.0512 e. The van der Waals surface area contributed by atoms with Crippen LogP contribution in [-0.2, 0) is 6.42 Å². The standard InChI is InChI=1S/C11H14NP.C2H6/c1-3-9-4-5-11-10(6-9)8(2)7-12(11)13;1-2/h4-7H,3,13H2,1-2H3;1-2H3. The molecule has 0 aliphatic rings. The van der Waals surface area contributed by atoms with E-state index in [4.69, 9.17) is 0 Å². The second-order valence-electron chi connectivity index (χ2n) is 3.42. The van der Waals surface area contributed by atoms with Gasteiger partial charge in [0.25, 0.3) is 0 Å². The van der Waals surface area contributed by atoms with E-state index >= 15 is 0 Å². The molecule has 2 rings (SSSR count). The van der Waals surface area contributed by atoms with Crippen LogP contribution in [0, 0.1) is 6.92 Å². The molecular formula is C13H20NP. The van der Waals surface area contributed by atoms with Gasteiger partial charge in [-0.2, -0.15) is 0 Å². The van der Waals surface area contributed by atoms with Gasteiger partial charge in [-0.05, 0) is 46.0 Å². The van der Waals surface area contributed by atoms with Gasteiger partial charge in [-0.15, -0.1) is 0 Å². The first-order chi connectivity index (χ1) is 7.22. The fraction of sp³-hybridized carbons (Fsp3) is 0.385. The number of aromatic nitrogens is 1. The van der Waals surface area contributed by atoms with E-state index in [2.05, 4.69) is 52.0 Å². The molecule has 0 radical (unpaired) electrons. The minimum absolute atomic E-state index is 1.11. The van der Waals surface area contributed by atoms with Gasteiger partial charge in [-0.1, -0.05) is 26.8 Å². The van der Waals surface area contributed by atoms with E-state index in [1.807, 2.05) is 13.8 Å². The lowest BCUT2D eigenvalue weighted by Gasteiger charge is -1.98. The highest BCUT2D eigenvalue weighted by Crippen LogP contribution is 2.23. The Morgan fingerprint density at radius 2 is 1.93 bits per heavy atom. The van der Waals surface area contributed by atoms with Crippen molar-refractivity contribution in [2.75, 3.05) is 0 Å². The molecule has 0 spiro atoms. The van der Waals surface area contributed by atoms with Crippen molar-refractivity contribution in [3.63, 3.8) is 0 Å². The Bertz CT molecular complexity index is 443. The summed E-state index contributed by atoms with van der Waals surface area (Å²) in [5.74, 6) is 0. The molecule has 1 nitrogen and oxygen atoms in total. The number of benzene rings is 1. The summed E-state index contributed by atoms with van der Waals surface area (Å²) in [6.07, 6.45) is 3.26. The number of rotatable bonds is 1. The molecule has 0 N–H and O–H groups in total. The van der Waals surface area contributed by atoms with Gasteiger partial charge in [-0.25, -0.2) is 0 Å². The van der Waals surface area contributed by atoms with Crippen molar-refractivity contribution in [2.24, 2.45) is 0 Å². The summed E-state index contributed by atoms with van der Waals surface area (Å²) < 4.78 is 2.10. The van der Waals surface area contributed by atoms with Gasteiger partial charge >= 0.3 is 0 Å². The Labute approximate surface area is 94.7 Å². The van der Waals surface area contributed by atoms with Crippen LogP contribution in [0.25, 0.3) is 10.9 Å². The second kappa shape index (κ2) is 5.32. The predicted molar refractivity (Wildman–Crippen MR) is 72.5 cm³/mol. The molecule has 2 aromatic rings. The summed E-state index contributed by atoms with van der Waals surface area (Å²) in [6, 6.07) is 6.67. The summed E-state index contributed by atoms with van der Waals surface area (Å²) in [5.41, 5.74) is 4.05. The van der Waals surface area contributed by atoms with Crippen LogP contribution in [0.4, 0.5) is 0 Å². The lowest BCUT2D eigenvalue weighted by Crippen LogP contribution is -1.80. The number of nitrogens with zero attached hydrogens (tertiary/aromatic N) is 1. The number of fused-ring (bicyclic) bond motifs is 1. The minimum Gasteiger partial charge on any atom is -0.332 e. The molecule has 0 saturated carbocycles. The smallest absolute Gasteiger partial charge is 0.0512 e. The summed E-state index contributed by atoms with van der Waals surface area (Å²) in [5, 5.41) is 1.37. The normalized spacial score (nSPS) is 9.93. The van der Waals surface area contributed by atoms with Crippen LogP contribution in [0.5, 0.6) is 0 Å². The van der Waals surface area contributed by atoms with Crippen molar-refractivity contribution >= 4 is 20.3 Å². The Balaban J connectivity index is 0.000000531. The van der Waals surface area contributed by atoms with Crippen molar-refractivity contribution in [1.29, 1.82) is 0 Å². The van der Waals surface area contributed by atoms with Crippen LogP contribution in [0.1, 0.15) is 31.9 Å². The van der Waals surface area contributed by atoms with Crippen LogP contribution >= 0.6 is 9.39 Å². The van der Waals surface area contributed by atoms with E-state index in [1.165, 1.54) is 22.0 Å². The average Bonchev–Trinajstić information content (AvgIpc) is 2.57. The fourth-order valence-corrected chi connectivity index (χ4v) is 2.14. The third-order valence-electron chi connectivity index (χ3n) is 2.50. The maximum absolute atomic E-state index is 2.71. The third kappa shape index (κ3) is 2.41. The highest BCUT2D eigenvalue weighted by Gasteiger charge is 2.02. The Morgan fingerprint density at radius 3 is 2.53 bits per heavy atom. The molecule has 0 aliphatic carbocycles. The maximum atomic E-state index is 2.71. The SMILES string of the molecule is CC.CCc1ccc2c(c1)c(C)cn2P. The van der Waals surface area contributed by atoms with Gasteiger partial charge in [0.15, 0.2) is 0 Å². The van der Waals surface area contributed by atoms with Gasteiger partial charge in [0.05, 0.1) is 5.52 Å². The van der Waals surface area contributed by atoms with Gasteiger partial charge in [0.1, 0.15) is 0 Å². The van der Waals surface area contributed by atoms with E-state index < -0.39 is 0 Å². The first kappa shape index (κ1) is 12.3. The second-order valence-corrected chi connectivity index (χ2v) is 3.98. The number of aryl methyl sites for hydroxylation is 2. The molecule has 1 atom stereocenters. The van der Waals surface area contributed by atoms with Gasteiger partial charge in [0, 0.05) is 11.6 Å². The Morgan fingerprint density at radius 1 is 1.27 bits per heavy atom. The predicted octanol–water partition coefficient (Wildman–Crippen LogP) is 4.18. The summed E-state index contributed by atoms with van der Waals surface area (Å²) in [6.45, 7) is 8.34. The highest BCUT2D eigenvalue weighted by molar-refractivity contribution is 7.14. The molecule has 0 saturated heterocycles. The Hall–Kier alpha value is -0.810. The van der Waals surface area contributed by atoms with E-state index in [0.717, 1.165) is 6.42 Å². The first-order valence-electron chi connectivity index (χ1n) is 5.58. The van der Waals surface area contributed by atoms with E-state index in [-0.39, 0.29) is 0 Å². The van der Waals surface area contributed by atoms with Crippen molar-refractivity contribution < 1.29 is 0 Å². The lowest BCUT2D eigenvalue weighted by molar-refractivity contribution is 1.15. The van der Waals surface area contributed by atoms with E-state index in [1.54, 1.807) is 0 Å². The number of hydrogen-bond donors (Lipinski definition) is 0. The van der Waals surface area contributed by atoms with Crippen LogP contribution in [0.15, 0.2) is 24.4 Å². The molecular weight excluding hydrogens is 201 g/mol. The highest BCUT2D eigenvalue weighted by atomic mass is 31.0. The molecule has 1 aromatic carbocycles. The van der Waals surface area contributed by atoms with Crippen LogP contribution < -0.4 is 0 Å². The molecule has 15 heavy (non-hydrogen) atoms. The van der Waals surface area contributed by atoms with Crippen molar-refractivity contribution in [2.45, 2.75) is 34.1 Å². The largest absolute Gasteiger partial charge is 0.332 e. The topological polar surface area (TPSA) is 4.93 Å². The zero-order valence-electron chi connectivity index (χ0n) is 10.0. The van der Waals surface area contributed by atoms with Crippen LogP contribution in [0.3, 0.4) is 0 Å². The number of hydrogen-bond acceptors (Lipinski definition) is 0. The van der Waals surface area contributed by atoms with Crippen LogP contribution in [0.2, 0.25) is 0 Å². The Kier molecular flexibility index (Phi) is 4.35. The van der Waals surface area contributed by atoms with Crippen molar-refractivity contribution in [1.82, 2.24) is 4.34 Å². The van der Waals surface area contributed by atoms with Gasteiger partial charge < -0.3 is 4.34 Å². The zero-order valence-corrected chi connectivity index (χ0v) is 11.2. The zero-order chi connectivity index (χ0) is 11.4. The molecule has 1 unspecified atom stereocenters. The molecule has 0 bridgehead atoms. The van der Waals surface area contributed by atoms with Crippen LogP contribution in [-0.4, -0.2) is 4.34 Å². The molecule has 0 fully saturated rings. The molecule has 82 valence electrons. The first-order valence-corrected chi connectivity index (χ1v) is 6.09. The molecule has 0 aliphatic heterocycles. The van der Waals surface area contributed by atoms with E-state index in [9.17, 15) is 0 Å². The lowest BCUT2D eigenvalue weighted by atomic mass is 10.1. The molecule has 1 aromatic heterocycles. The molecule has 2 heteroatoms.